The molecule has 0 spiro atoms. The van der Waals surface area contributed by atoms with Crippen molar-refractivity contribution in [3.05, 3.63) is 72.4 Å². The Labute approximate surface area is 220 Å². The maximum atomic E-state index is 13.1. The Morgan fingerprint density at radius 2 is 1.87 bits per heavy atom. The molecule has 9 heteroatoms. The maximum Gasteiger partial charge on any atom is 0.299 e. The number of hydrogen-bond acceptors (Lipinski definition) is 6. The van der Waals surface area contributed by atoms with Crippen molar-refractivity contribution in [3.63, 3.8) is 0 Å². The molecule has 3 fully saturated rings. The Morgan fingerprint density at radius 1 is 1.08 bits per heavy atom. The van der Waals surface area contributed by atoms with Gasteiger partial charge in [-0.05, 0) is 68.7 Å². The van der Waals surface area contributed by atoms with Crippen molar-refractivity contribution in [1.29, 1.82) is 0 Å². The second-order valence-electron chi connectivity index (χ2n) is 9.83. The number of anilines is 2. The van der Waals surface area contributed by atoms with Gasteiger partial charge >= 0.3 is 0 Å². The lowest BCUT2D eigenvalue weighted by molar-refractivity contribution is -0.142. The van der Waals surface area contributed by atoms with E-state index in [1.54, 1.807) is 43.6 Å². The molecule has 3 aliphatic rings. The Morgan fingerprint density at radius 3 is 2.58 bits per heavy atom. The van der Waals surface area contributed by atoms with E-state index >= 15 is 0 Å². The van der Waals surface area contributed by atoms with Crippen molar-refractivity contribution in [2.75, 3.05) is 17.6 Å². The van der Waals surface area contributed by atoms with E-state index in [9.17, 15) is 9.59 Å². The third-order valence-corrected chi connectivity index (χ3v) is 7.69. The lowest BCUT2D eigenvalue weighted by Crippen LogP contribution is -2.58. The smallest absolute Gasteiger partial charge is 0.299 e. The van der Waals surface area contributed by atoms with Gasteiger partial charge in [0.1, 0.15) is 34.2 Å². The first-order chi connectivity index (χ1) is 18.5. The number of fused-ring (bicyclic) bond motifs is 4. The van der Waals surface area contributed by atoms with E-state index in [1.165, 1.54) is 0 Å². The van der Waals surface area contributed by atoms with E-state index in [-0.39, 0.29) is 11.8 Å². The summed E-state index contributed by atoms with van der Waals surface area (Å²) in [6.45, 7) is 2.36. The average molecular weight is 506 g/mol. The van der Waals surface area contributed by atoms with Crippen LogP contribution < -0.4 is 11.1 Å². The van der Waals surface area contributed by atoms with Crippen molar-refractivity contribution in [2.24, 2.45) is 5.92 Å². The van der Waals surface area contributed by atoms with Gasteiger partial charge in [-0.15, -0.1) is 0 Å². The van der Waals surface area contributed by atoms with Gasteiger partial charge in [0.25, 0.3) is 11.8 Å². The number of nitrogens with zero attached hydrogens (tertiary/aromatic N) is 5. The first-order valence-corrected chi connectivity index (χ1v) is 12.7. The zero-order valence-electron chi connectivity index (χ0n) is 21.0. The predicted octanol–water partition coefficient (Wildman–Crippen LogP) is 3.88. The Bertz CT molecular complexity index is 1590. The lowest BCUT2D eigenvalue weighted by atomic mass is 9.69. The quantitative estimate of drug-likeness (QED) is 0.407. The van der Waals surface area contributed by atoms with Gasteiger partial charge in [0.05, 0.1) is 0 Å². The van der Waals surface area contributed by atoms with Crippen LogP contribution in [-0.2, 0) is 10.3 Å². The molecule has 3 N–H and O–H groups in total. The number of nitrogen functional groups attached to an aromatic ring is 1. The summed E-state index contributed by atoms with van der Waals surface area (Å²) < 4.78 is 1.98. The molecule has 9 nitrogen and oxygen atoms in total. The zero-order chi connectivity index (χ0) is 26.3. The molecule has 1 aromatic carbocycles. The van der Waals surface area contributed by atoms with E-state index in [0.717, 1.165) is 37.1 Å². The van der Waals surface area contributed by atoms with Crippen LogP contribution in [0.1, 0.15) is 48.8 Å². The number of hydrogen-bond donors (Lipinski definition) is 2. The van der Waals surface area contributed by atoms with Crippen LogP contribution in [0.3, 0.4) is 0 Å². The van der Waals surface area contributed by atoms with Crippen LogP contribution in [0.5, 0.6) is 0 Å². The third-order valence-electron chi connectivity index (χ3n) is 7.69. The van der Waals surface area contributed by atoms with Gasteiger partial charge in [0, 0.05) is 36.3 Å². The highest BCUT2D eigenvalue weighted by Gasteiger charge is 2.52. The first kappa shape index (κ1) is 23.7. The van der Waals surface area contributed by atoms with Crippen molar-refractivity contribution in [1.82, 2.24) is 24.3 Å². The minimum atomic E-state index is -0.562. The maximum absolute atomic E-state index is 13.1. The Balaban J connectivity index is 1.42. The summed E-state index contributed by atoms with van der Waals surface area (Å²) in [6, 6.07) is 12.6. The standard InChI is InChI=1S/C29H27N7O2/c1-2-5-23(37)36-18-19-11-13-29(36,14-12-19)28-34-24(25-26(30)32-16-17-35(25)28)20-7-9-21(10-8-20)27(38)33-22-6-3-4-15-31-22/h3-4,6-10,15-17,19H,11-14,18H2,1H3,(H2,30,32)(H,31,33,38). The molecule has 1 saturated carbocycles. The Kier molecular flexibility index (Phi) is 5.80. The zero-order valence-corrected chi connectivity index (χ0v) is 21.0. The van der Waals surface area contributed by atoms with Crippen LogP contribution in [0.2, 0.25) is 0 Å². The number of nitrogens with two attached hydrogens (primary N) is 1. The van der Waals surface area contributed by atoms with Crippen LogP contribution >= 0.6 is 0 Å². The molecule has 2 saturated heterocycles. The van der Waals surface area contributed by atoms with E-state index < -0.39 is 5.54 Å². The molecule has 0 radical (unpaired) electrons. The molecular weight excluding hydrogens is 478 g/mol. The minimum Gasteiger partial charge on any atom is -0.382 e. The summed E-state index contributed by atoms with van der Waals surface area (Å²) in [4.78, 5) is 41.4. The summed E-state index contributed by atoms with van der Waals surface area (Å²) >= 11 is 0. The highest BCUT2D eigenvalue weighted by molar-refractivity contribution is 6.04. The number of carbonyl (C=O) groups is 2. The van der Waals surface area contributed by atoms with E-state index in [2.05, 4.69) is 27.1 Å². The van der Waals surface area contributed by atoms with Gasteiger partial charge in [-0.2, -0.15) is 0 Å². The molecule has 2 bridgehead atoms. The second-order valence-corrected chi connectivity index (χ2v) is 9.83. The number of benzene rings is 1. The van der Waals surface area contributed by atoms with Gasteiger partial charge < -0.3 is 16.0 Å². The predicted molar refractivity (Wildman–Crippen MR) is 144 cm³/mol. The number of aromatic nitrogens is 4. The summed E-state index contributed by atoms with van der Waals surface area (Å²) in [7, 11) is 0. The molecule has 3 aromatic heterocycles. The number of amides is 2. The monoisotopic (exact) mass is 505 g/mol. The summed E-state index contributed by atoms with van der Waals surface area (Å²) in [5, 5.41) is 2.80. The number of rotatable bonds is 4. The topological polar surface area (TPSA) is 119 Å². The van der Waals surface area contributed by atoms with Crippen molar-refractivity contribution >= 4 is 29.0 Å². The molecule has 1 aliphatic carbocycles. The number of imidazole rings is 1. The molecule has 0 atom stereocenters. The molecule has 2 aliphatic heterocycles. The van der Waals surface area contributed by atoms with Gasteiger partial charge in [-0.25, -0.2) is 15.0 Å². The van der Waals surface area contributed by atoms with Crippen molar-refractivity contribution in [3.8, 4) is 23.1 Å². The number of pyridine rings is 1. The summed E-state index contributed by atoms with van der Waals surface area (Å²) in [5.41, 5.74) is 8.47. The molecular formula is C29H27N7O2. The SMILES string of the molecule is CC#CC(=O)N1CC2CCC1(c1nc(-c3ccc(C(=O)Nc4ccccn4)cc3)c3c(N)nccn13)CC2. The summed E-state index contributed by atoms with van der Waals surface area (Å²) in [6.07, 6.45) is 8.86. The first-order valence-electron chi connectivity index (χ1n) is 12.7. The van der Waals surface area contributed by atoms with Crippen LogP contribution in [0, 0.1) is 17.8 Å². The van der Waals surface area contributed by atoms with Crippen LogP contribution in [0.4, 0.5) is 11.6 Å². The van der Waals surface area contributed by atoms with Crippen molar-refractivity contribution in [2.45, 2.75) is 38.1 Å². The van der Waals surface area contributed by atoms with E-state index in [0.29, 0.717) is 40.9 Å². The third kappa shape index (κ3) is 3.86. The van der Waals surface area contributed by atoms with Gasteiger partial charge in [0.15, 0.2) is 0 Å². The van der Waals surface area contributed by atoms with Crippen molar-refractivity contribution < 1.29 is 9.59 Å². The molecule has 4 aromatic rings. The number of carbonyl (C=O) groups excluding carboxylic acids is 2. The van der Waals surface area contributed by atoms with Gasteiger partial charge in [-0.3, -0.25) is 14.0 Å². The Hall–Kier alpha value is -4.71. The normalized spacial score (nSPS) is 20.1. The molecule has 2 amide bonds. The number of nitrogens with one attached hydrogen (secondary N) is 1. The second kappa shape index (κ2) is 9.30. The van der Waals surface area contributed by atoms with E-state index in [4.69, 9.17) is 10.7 Å². The van der Waals surface area contributed by atoms with Gasteiger partial charge in [-0.1, -0.05) is 24.1 Å². The fourth-order valence-corrected chi connectivity index (χ4v) is 5.83. The molecule has 7 rings (SSSR count). The minimum absolute atomic E-state index is 0.166. The highest BCUT2D eigenvalue weighted by atomic mass is 16.2. The average Bonchev–Trinajstić information content (AvgIpc) is 3.36. The highest BCUT2D eigenvalue weighted by Crippen LogP contribution is 2.50. The number of piperidine rings is 2. The summed E-state index contributed by atoms with van der Waals surface area (Å²) in [5.74, 6) is 7.19. The van der Waals surface area contributed by atoms with Crippen LogP contribution in [0.25, 0.3) is 16.8 Å². The van der Waals surface area contributed by atoms with Gasteiger partial charge in [0.2, 0.25) is 0 Å². The fraction of sp³-hybridized carbons (Fsp3) is 0.276. The fourth-order valence-electron chi connectivity index (χ4n) is 5.83. The van der Waals surface area contributed by atoms with Crippen LogP contribution in [0.15, 0.2) is 61.1 Å². The largest absolute Gasteiger partial charge is 0.382 e. The molecule has 38 heavy (non-hydrogen) atoms. The lowest BCUT2D eigenvalue weighted by Gasteiger charge is -2.53. The molecule has 5 heterocycles. The van der Waals surface area contributed by atoms with E-state index in [1.807, 2.05) is 33.7 Å². The molecule has 0 unspecified atom stereocenters. The molecule has 190 valence electrons. The van der Waals surface area contributed by atoms with Crippen LogP contribution in [-0.4, -0.2) is 42.6 Å².